The monoisotopic (exact) mass is 329 g/mol. The SMILES string of the molecule is CC1CC(C(=O)N2C[C@H]3CC[C@@H]2CN(Cc2ccccn2)C3)NN1. The third-order valence-corrected chi connectivity index (χ3v) is 5.58. The van der Waals surface area contributed by atoms with Crippen LogP contribution in [0.1, 0.15) is 31.9 Å². The van der Waals surface area contributed by atoms with Gasteiger partial charge in [0.2, 0.25) is 5.91 Å². The molecule has 5 rings (SSSR count). The Balaban J connectivity index is 1.44. The number of nitrogens with one attached hydrogen (secondary N) is 2. The summed E-state index contributed by atoms with van der Waals surface area (Å²) in [5, 5.41) is 0. The summed E-state index contributed by atoms with van der Waals surface area (Å²) in [7, 11) is 0. The van der Waals surface area contributed by atoms with E-state index < -0.39 is 0 Å². The molecule has 0 aliphatic carbocycles. The van der Waals surface area contributed by atoms with E-state index >= 15 is 0 Å². The van der Waals surface area contributed by atoms with Crippen molar-refractivity contribution in [1.29, 1.82) is 0 Å². The molecule has 1 aromatic heterocycles. The molecule has 4 saturated heterocycles. The molecule has 4 atom stereocenters. The lowest BCUT2D eigenvalue weighted by atomic mass is 9.94. The van der Waals surface area contributed by atoms with E-state index in [1.165, 1.54) is 6.42 Å². The summed E-state index contributed by atoms with van der Waals surface area (Å²) in [4.78, 5) is 22.0. The highest BCUT2D eigenvalue weighted by molar-refractivity contribution is 5.82. The zero-order chi connectivity index (χ0) is 16.5. The smallest absolute Gasteiger partial charge is 0.241 e. The molecule has 0 radical (unpaired) electrons. The van der Waals surface area contributed by atoms with Gasteiger partial charge in [0.25, 0.3) is 0 Å². The van der Waals surface area contributed by atoms with E-state index in [0.29, 0.717) is 18.0 Å². The van der Waals surface area contributed by atoms with Gasteiger partial charge < -0.3 is 4.90 Å². The van der Waals surface area contributed by atoms with Gasteiger partial charge in [0.05, 0.1) is 5.69 Å². The van der Waals surface area contributed by atoms with Crippen LogP contribution in [0.15, 0.2) is 24.4 Å². The van der Waals surface area contributed by atoms with Crippen molar-refractivity contribution in [2.24, 2.45) is 5.92 Å². The van der Waals surface area contributed by atoms with Gasteiger partial charge in [-0.15, -0.1) is 0 Å². The lowest BCUT2D eigenvalue weighted by Crippen LogP contribution is -2.53. The Bertz CT molecular complexity index is 580. The third kappa shape index (κ3) is 3.31. The van der Waals surface area contributed by atoms with Crippen LogP contribution in [-0.2, 0) is 11.3 Å². The fourth-order valence-electron chi connectivity index (χ4n) is 4.38. The van der Waals surface area contributed by atoms with Gasteiger partial charge in [-0.2, -0.15) is 0 Å². The molecule has 4 fully saturated rings. The lowest BCUT2D eigenvalue weighted by Gasteiger charge is -2.37. The minimum absolute atomic E-state index is 0.0661. The average molecular weight is 329 g/mol. The highest BCUT2D eigenvalue weighted by Gasteiger charge is 2.40. The second kappa shape index (κ2) is 6.78. The molecule has 1 amide bonds. The van der Waals surface area contributed by atoms with Crippen molar-refractivity contribution < 1.29 is 4.79 Å². The Morgan fingerprint density at radius 2 is 2.17 bits per heavy atom. The first-order valence-corrected chi connectivity index (χ1v) is 9.13. The Morgan fingerprint density at radius 1 is 1.25 bits per heavy atom. The first kappa shape index (κ1) is 16.0. The molecule has 2 unspecified atom stereocenters. The molecule has 4 aliphatic rings. The molecule has 130 valence electrons. The summed E-state index contributed by atoms with van der Waals surface area (Å²) in [5.74, 6) is 0.865. The maximum absolute atomic E-state index is 12.9. The van der Waals surface area contributed by atoms with E-state index in [-0.39, 0.29) is 11.9 Å². The number of hydrogen-bond donors (Lipinski definition) is 2. The molecule has 2 N–H and O–H groups in total. The van der Waals surface area contributed by atoms with Crippen LogP contribution in [0.25, 0.3) is 0 Å². The van der Waals surface area contributed by atoms with Crippen LogP contribution in [0.3, 0.4) is 0 Å². The van der Waals surface area contributed by atoms with Crippen molar-refractivity contribution in [2.75, 3.05) is 19.6 Å². The molecule has 0 spiro atoms. The molecule has 0 saturated carbocycles. The molecular weight excluding hydrogens is 302 g/mol. The number of carbonyl (C=O) groups excluding carboxylic acids is 1. The summed E-state index contributed by atoms with van der Waals surface area (Å²) in [5.41, 5.74) is 7.46. The van der Waals surface area contributed by atoms with E-state index in [1.54, 1.807) is 0 Å². The molecule has 1 aromatic rings. The average Bonchev–Trinajstić information content (AvgIpc) is 2.84. The summed E-state index contributed by atoms with van der Waals surface area (Å²) < 4.78 is 0. The van der Waals surface area contributed by atoms with Crippen LogP contribution >= 0.6 is 0 Å². The number of nitrogens with zero attached hydrogens (tertiary/aromatic N) is 3. The number of hydrazine groups is 1. The zero-order valence-corrected chi connectivity index (χ0v) is 14.3. The van der Waals surface area contributed by atoms with Crippen LogP contribution in [0, 0.1) is 5.92 Å². The summed E-state index contributed by atoms with van der Waals surface area (Å²) >= 11 is 0. The van der Waals surface area contributed by atoms with Gasteiger partial charge in [-0.1, -0.05) is 6.07 Å². The molecule has 6 heteroatoms. The molecule has 5 heterocycles. The van der Waals surface area contributed by atoms with Gasteiger partial charge in [0.15, 0.2) is 0 Å². The Morgan fingerprint density at radius 3 is 2.92 bits per heavy atom. The van der Waals surface area contributed by atoms with E-state index in [0.717, 1.165) is 44.7 Å². The van der Waals surface area contributed by atoms with E-state index in [1.807, 2.05) is 18.3 Å². The third-order valence-electron chi connectivity index (χ3n) is 5.58. The standard InChI is InChI=1S/C18H27N5O/c1-13-8-17(21-20-13)18(24)23-10-14-5-6-16(23)12-22(9-14)11-15-4-2-3-7-19-15/h2-4,7,13-14,16-17,20-21H,5-6,8-12H2,1H3/t13?,14-,16+,17?/m0/s1. The molecule has 6 nitrogen and oxygen atoms in total. The van der Waals surface area contributed by atoms with Gasteiger partial charge in [-0.25, -0.2) is 5.43 Å². The molecule has 4 aliphatic heterocycles. The van der Waals surface area contributed by atoms with E-state index in [4.69, 9.17) is 0 Å². The maximum atomic E-state index is 12.9. The van der Waals surface area contributed by atoms with Crippen LogP contribution < -0.4 is 10.9 Å². The number of fused-ring (bicyclic) bond motifs is 4. The number of carbonyl (C=O) groups is 1. The van der Waals surface area contributed by atoms with Gasteiger partial charge >= 0.3 is 0 Å². The number of hydrogen-bond acceptors (Lipinski definition) is 5. The second-order valence-corrected chi connectivity index (χ2v) is 7.58. The maximum Gasteiger partial charge on any atom is 0.241 e. The largest absolute Gasteiger partial charge is 0.337 e. The quantitative estimate of drug-likeness (QED) is 0.857. The Kier molecular flexibility index (Phi) is 4.52. The van der Waals surface area contributed by atoms with Crippen LogP contribution in [0.4, 0.5) is 0 Å². The van der Waals surface area contributed by atoms with E-state index in [9.17, 15) is 4.79 Å². The highest BCUT2D eigenvalue weighted by Crippen LogP contribution is 2.29. The minimum Gasteiger partial charge on any atom is -0.337 e. The highest BCUT2D eigenvalue weighted by atomic mass is 16.2. The van der Waals surface area contributed by atoms with Crippen LogP contribution in [0.5, 0.6) is 0 Å². The van der Waals surface area contributed by atoms with Crippen LogP contribution in [0.2, 0.25) is 0 Å². The van der Waals surface area contributed by atoms with Crippen molar-refractivity contribution in [2.45, 2.75) is 50.9 Å². The van der Waals surface area contributed by atoms with Crippen molar-refractivity contribution in [3.05, 3.63) is 30.1 Å². The fraction of sp³-hybridized carbons (Fsp3) is 0.667. The molecule has 24 heavy (non-hydrogen) atoms. The predicted octanol–water partition coefficient (Wildman–Crippen LogP) is 0.759. The molecule has 0 aromatic carbocycles. The zero-order valence-electron chi connectivity index (χ0n) is 14.3. The lowest BCUT2D eigenvalue weighted by molar-refractivity contribution is -0.137. The van der Waals surface area contributed by atoms with Crippen molar-refractivity contribution >= 4 is 5.91 Å². The number of amides is 1. The summed E-state index contributed by atoms with van der Waals surface area (Å²) in [6.45, 7) is 5.95. The number of rotatable bonds is 3. The normalized spacial score (nSPS) is 33.6. The van der Waals surface area contributed by atoms with Gasteiger partial charge in [-0.3, -0.25) is 20.1 Å². The molecule has 2 bridgehead atoms. The van der Waals surface area contributed by atoms with Crippen LogP contribution in [-0.4, -0.2) is 58.5 Å². The first-order valence-electron chi connectivity index (χ1n) is 9.13. The van der Waals surface area contributed by atoms with Crippen molar-refractivity contribution in [3.63, 3.8) is 0 Å². The van der Waals surface area contributed by atoms with E-state index in [2.05, 4.69) is 38.6 Å². The Labute approximate surface area is 143 Å². The predicted molar refractivity (Wildman–Crippen MR) is 91.9 cm³/mol. The summed E-state index contributed by atoms with van der Waals surface area (Å²) in [6, 6.07) is 6.74. The number of aromatic nitrogens is 1. The number of pyridine rings is 1. The number of piperidine rings is 1. The second-order valence-electron chi connectivity index (χ2n) is 7.58. The first-order chi connectivity index (χ1) is 11.7. The van der Waals surface area contributed by atoms with Crippen molar-refractivity contribution in [3.8, 4) is 0 Å². The Hall–Kier alpha value is -1.50. The van der Waals surface area contributed by atoms with Gasteiger partial charge in [0.1, 0.15) is 6.04 Å². The van der Waals surface area contributed by atoms with Gasteiger partial charge in [0, 0.05) is 44.5 Å². The minimum atomic E-state index is -0.0661. The summed E-state index contributed by atoms with van der Waals surface area (Å²) in [6.07, 6.45) is 5.10. The van der Waals surface area contributed by atoms with Gasteiger partial charge in [-0.05, 0) is 44.2 Å². The van der Waals surface area contributed by atoms with Crippen molar-refractivity contribution in [1.82, 2.24) is 25.6 Å². The molecular formula is C18H27N5O. The topological polar surface area (TPSA) is 60.5 Å². The fourth-order valence-corrected chi connectivity index (χ4v) is 4.38.